The van der Waals surface area contributed by atoms with Crippen molar-refractivity contribution in [1.82, 2.24) is 14.5 Å². The van der Waals surface area contributed by atoms with Crippen LogP contribution in [0.2, 0.25) is 0 Å². The van der Waals surface area contributed by atoms with Gasteiger partial charge in [-0.05, 0) is 36.5 Å². The van der Waals surface area contributed by atoms with Gasteiger partial charge in [0.2, 0.25) is 15.8 Å². The first-order valence-corrected chi connectivity index (χ1v) is 11.7. The minimum atomic E-state index is -4.99. The Hall–Kier alpha value is -2.84. The van der Waals surface area contributed by atoms with E-state index >= 15 is 0 Å². The number of sulfonamides is 1. The molecule has 2 N–H and O–H groups in total. The van der Waals surface area contributed by atoms with Crippen LogP contribution in [0.4, 0.5) is 26.3 Å². The normalized spacial score (nSPS) is 16.6. The fourth-order valence-electron chi connectivity index (χ4n) is 4.11. The number of hydrogen-bond donors (Lipinski definition) is 2. The van der Waals surface area contributed by atoms with Crippen molar-refractivity contribution < 1.29 is 44.3 Å². The molecule has 0 amide bonds. The van der Waals surface area contributed by atoms with E-state index in [9.17, 15) is 39.9 Å². The SMILES string of the molecule is Cc1cc(S(=O)(=O)N[C@H]2Cc3ccc(Cn4cc(CO)c(C(F)(F)F)n4)cc3C2)c(C(F)(F)F)o1. The van der Waals surface area contributed by atoms with E-state index in [1.807, 2.05) is 0 Å². The molecule has 7 nitrogen and oxygen atoms in total. The lowest BCUT2D eigenvalue weighted by molar-refractivity contribution is -0.156. The maximum atomic E-state index is 13.2. The van der Waals surface area contributed by atoms with Gasteiger partial charge < -0.3 is 9.52 Å². The number of alkyl halides is 6. The molecule has 35 heavy (non-hydrogen) atoms. The lowest BCUT2D eigenvalue weighted by atomic mass is 10.1. The van der Waals surface area contributed by atoms with E-state index in [1.54, 1.807) is 18.2 Å². The van der Waals surface area contributed by atoms with Gasteiger partial charge in [-0.3, -0.25) is 4.68 Å². The molecule has 0 saturated carbocycles. The summed E-state index contributed by atoms with van der Waals surface area (Å²) in [5, 5.41) is 12.7. The number of aryl methyl sites for hydroxylation is 1. The first-order valence-electron chi connectivity index (χ1n) is 10.2. The fourth-order valence-corrected chi connectivity index (χ4v) is 5.56. The minimum Gasteiger partial charge on any atom is -0.455 e. The van der Waals surface area contributed by atoms with Gasteiger partial charge in [0.05, 0.1) is 13.2 Å². The van der Waals surface area contributed by atoms with E-state index in [1.165, 1.54) is 6.92 Å². The van der Waals surface area contributed by atoms with Gasteiger partial charge in [-0.2, -0.15) is 31.4 Å². The van der Waals surface area contributed by atoms with E-state index in [0.29, 0.717) is 11.1 Å². The molecule has 0 spiro atoms. The van der Waals surface area contributed by atoms with Gasteiger partial charge in [0, 0.05) is 23.9 Å². The molecule has 14 heteroatoms. The fraction of sp³-hybridized carbons (Fsp3) is 0.381. The molecule has 1 aliphatic carbocycles. The van der Waals surface area contributed by atoms with E-state index in [4.69, 9.17) is 0 Å². The third kappa shape index (κ3) is 5.23. The molecule has 0 aliphatic heterocycles. The van der Waals surface area contributed by atoms with E-state index in [-0.39, 0.29) is 30.7 Å². The molecular weight excluding hydrogens is 504 g/mol. The zero-order valence-corrected chi connectivity index (χ0v) is 18.9. The molecule has 0 unspecified atom stereocenters. The van der Waals surface area contributed by atoms with Crippen LogP contribution in [0.5, 0.6) is 0 Å². The highest BCUT2D eigenvalue weighted by molar-refractivity contribution is 7.89. The standard InChI is InChI=1S/C21H19F6N3O4S/c1-11-4-17(19(34-11)21(25,26)27)35(32,33)29-16-6-13-3-2-12(5-14(13)7-16)8-30-9-15(10-31)18(28-30)20(22,23)24/h2-5,9,16,29,31H,6-8,10H2,1H3/t16-/m0/s1. The van der Waals surface area contributed by atoms with E-state index in [0.717, 1.165) is 22.5 Å². The van der Waals surface area contributed by atoms with Gasteiger partial charge in [-0.1, -0.05) is 18.2 Å². The number of hydrogen-bond acceptors (Lipinski definition) is 5. The Bertz CT molecular complexity index is 1360. The Morgan fingerprint density at radius 3 is 2.40 bits per heavy atom. The molecule has 4 rings (SSSR count). The molecule has 2 aromatic heterocycles. The monoisotopic (exact) mass is 523 g/mol. The van der Waals surface area contributed by atoms with Crippen molar-refractivity contribution in [3.05, 3.63) is 69.9 Å². The van der Waals surface area contributed by atoms with Crippen LogP contribution in [0, 0.1) is 6.92 Å². The maximum Gasteiger partial charge on any atom is 0.450 e. The summed E-state index contributed by atoms with van der Waals surface area (Å²) in [5.41, 5.74) is 0.510. The third-order valence-electron chi connectivity index (χ3n) is 5.51. The molecule has 190 valence electrons. The number of aliphatic hydroxyl groups is 1. The summed E-state index contributed by atoms with van der Waals surface area (Å²) in [6.45, 7) is 0.352. The molecule has 0 bridgehead atoms. The van der Waals surface area contributed by atoms with Crippen molar-refractivity contribution in [2.24, 2.45) is 0 Å². The smallest absolute Gasteiger partial charge is 0.450 e. The van der Waals surface area contributed by atoms with Gasteiger partial charge >= 0.3 is 12.4 Å². The number of furan rings is 1. The van der Waals surface area contributed by atoms with Crippen LogP contribution in [0.3, 0.4) is 0 Å². The van der Waals surface area contributed by atoms with Crippen LogP contribution < -0.4 is 4.72 Å². The number of halogens is 6. The molecule has 1 aliphatic rings. The van der Waals surface area contributed by atoms with Gasteiger partial charge in [-0.15, -0.1) is 0 Å². The van der Waals surface area contributed by atoms with Crippen LogP contribution in [0.1, 0.15) is 39.5 Å². The Balaban J connectivity index is 1.50. The van der Waals surface area contributed by atoms with Crippen LogP contribution in [0.15, 0.2) is 39.8 Å². The van der Waals surface area contributed by atoms with Crippen LogP contribution in [0.25, 0.3) is 0 Å². The second-order valence-corrected chi connectivity index (χ2v) is 9.92. The number of fused-ring (bicyclic) bond motifs is 1. The summed E-state index contributed by atoms with van der Waals surface area (Å²) in [5.74, 6) is -1.80. The first kappa shape index (κ1) is 25.3. The highest BCUT2D eigenvalue weighted by Crippen LogP contribution is 2.37. The minimum absolute atomic E-state index is 0.0318. The summed E-state index contributed by atoms with van der Waals surface area (Å²) >= 11 is 0. The Morgan fingerprint density at radius 2 is 1.80 bits per heavy atom. The van der Waals surface area contributed by atoms with Crippen LogP contribution >= 0.6 is 0 Å². The van der Waals surface area contributed by atoms with Gasteiger partial charge in [-0.25, -0.2) is 13.1 Å². The predicted molar refractivity (Wildman–Crippen MR) is 109 cm³/mol. The van der Waals surface area contributed by atoms with Crippen molar-refractivity contribution in [1.29, 1.82) is 0 Å². The number of nitrogens with one attached hydrogen (secondary N) is 1. The maximum absolute atomic E-state index is 13.2. The number of aliphatic hydroxyl groups excluding tert-OH is 1. The quantitative estimate of drug-likeness (QED) is 0.479. The summed E-state index contributed by atoms with van der Waals surface area (Å²) < 4.78 is 112. The summed E-state index contributed by atoms with van der Waals surface area (Å²) in [6, 6.07) is 5.10. The van der Waals surface area contributed by atoms with Gasteiger partial charge in [0.1, 0.15) is 10.7 Å². The lowest BCUT2D eigenvalue weighted by Gasteiger charge is -2.13. The van der Waals surface area contributed by atoms with Crippen molar-refractivity contribution in [2.45, 2.75) is 56.2 Å². The van der Waals surface area contributed by atoms with E-state index in [2.05, 4.69) is 14.2 Å². The highest BCUT2D eigenvalue weighted by atomic mass is 32.2. The molecule has 3 aromatic rings. The van der Waals surface area contributed by atoms with Crippen LogP contribution in [-0.2, 0) is 48.4 Å². The van der Waals surface area contributed by atoms with Crippen molar-refractivity contribution in [2.75, 3.05) is 0 Å². The molecule has 0 fully saturated rings. The van der Waals surface area contributed by atoms with Crippen molar-refractivity contribution >= 4 is 10.0 Å². The van der Waals surface area contributed by atoms with Gasteiger partial charge in [0.15, 0.2) is 5.69 Å². The Kier molecular flexibility index (Phi) is 6.26. The summed E-state index contributed by atoms with van der Waals surface area (Å²) in [6.07, 6.45) is -8.21. The third-order valence-corrected chi connectivity index (χ3v) is 7.04. The number of benzene rings is 1. The van der Waals surface area contributed by atoms with Gasteiger partial charge in [0.25, 0.3) is 0 Å². The predicted octanol–water partition coefficient (Wildman–Crippen LogP) is 3.81. The molecular formula is C21H19F6N3O4S. The second-order valence-electron chi connectivity index (χ2n) is 8.23. The lowest BCUT2D eigenvalue weighted by Crippen LogP contribution is -2.36. The Labute approximate surface area is 195 Å². The zero-order chi connectivity index (χ0) is 25.8. The molecule has 1 aromatic carbocycles. The summed E-state index contributed by atoms with van der Waals surface area (Å²) in [4.78, 5) is -0.988. The molecule has 1 atom stereocenters. The Morgan fingerprint density at radius 1 is 1.11 bits per heavy atom. The molecule has 0 radical (unpaired) electrons. The zero-order valence-electron chi connectivity index (χ0n) is 18.0. The van der Waals surface area contributed by atoms with E-state index < -0.39 is 51.4 Å². The highest BCUT2D eigenvalue weighted by Gasteiger charge is 2.43. The van der Waals surface area contributed by atoms with Crippen molar-refractivity contribution in [3.8, 4) is 0 Å². The number of nitrogens with zero attached hydrogens (tertiary/aromatic N) is 2. The molecule has 2 heterocycles. The number of rotatable bonds is 6. The number of aromatic nitrogens is 2. The first-order chi connectivity index (χ1) is 16.2. The molecule has 0 saturated heterocycles. The largest absolute Gasteiger partial charge is 0.455 e. The summed E-state index contributed by atoms with van der Waals surface area (Å²) in [7, 11) is -4.54. The van der Waals surface area contributed by atoms with Crippen LogP contribution in [-0.4, -0.2) is 29.3 Å². The average Bonchev–Trinajstić information content (AvgIpc) is 3.42. The average molecular weight is 523 g/mol. The second kappa shape index (κ2) is 8.68. The van der Waals surface area contributed by atoms with Crippen molar-refractivity contribution in [3.63, 3.8) is 0 Å². The topological polar surface area (TPSA) is 97.4 Å².